The normalized spacial score (nSPS) is 12.9. The van der Waals surface area contributed by atoms with Crippen molar-refractivity contribution < 1.29 is 24.3 Å². The predicted octanol–water partition coefficient (Wildman–Crippen LogP) is -1.40. The van der Waals surface area contributed by atoms with Gasteiger partial charge in [-0.25, -0.2) is 0 Å². The van der Waals surface area contributed by atoms with E-state index in [1.807, 2.05) is 24.3 Å². The van der Waals surface area contributed by atoms with Crippen LogP contribution >= 0.6 is 0 Å². The number of benzene rings is 1. The second kappa shape index (κ2) is 8.81. The Kier molecular flexibility index (Phi) is 6.50. The van der Waals surface area contributed by atoms with E-state index in [1.54, 1.807) is 6.20 Å². The lowest BCUT2D eigenvalue weighted by molar-refractivity contribution is -0.138. The number of primary amides is 1. The van der Waals surface area contributed by atoms with Crippen molar-refractivity contribution in [1.82, 2.24) is 15.6 Å². The summed E-state index contributed by atoms with van der Waals surface area (Å²) < 4.78 is 0. The maximum Gasteiger partial charge on any atom is 0.322 e. The summed E-state index contributed by atoms with van der Waals surface area (Å²) in [4.78, 5) is 49.2. The van der Waals surface area contributed by atoms with Gasteiger partial charge in [-0.05, 0) is 11.6 Å². The molecular formula is C17H21N5O5. The molecule has 27 heavy (non-hydrogen) atoms. The van der Waals surface area contributed by atoms with Gasteiger partial charge in [-0.15, -0.1) is 0 Å². The minimum atomic E-state index is -1.22. The Bertz CT molecular complexity index is 862. The largest absolute Gasteiger partial charge is 0.480 e. The quantitative estimate of drug-likeness (QED) is 0.313. The summed E-state index contributed by atoms with van der Waals surface area (Å²) in [6.07, 6.45) is 1.44. The highest BCUT2D eigenvalue weighted by molar-refractivity contribution is 5.93. The number of hydrogen-bond donors (Lipinski definition) is 6. The van der Waals surface area contributed by atoms with Gasteiger partial charge >= 0.3 is 5.97 Å². The van der Waals surface area contributed by atoms with Gasteiger partial charge in [0.05, 0.1) is 12.5 Å². The summed E-state index contributed by atoms with van der Waals surface area (Å²) in [7, 11) is 0. The molecule has 1 aromatic carbocycles. The maximum atomic E-state index is 12.4. The molecule has 10 nitrogen and oxygen atoms in total. The third kappa shape index (κ3) is 5.54. The molecule has 0 bridgehead atoms. The van der Waals surface area contributed by atoms with E-state index in [2.05, 4.69) is 15.6 Å². The van der Waals surface area contributed by atoms with E-state index >= 15 is 0 Å². The zero-order chi connectivity index (χ0) is 20.0. The number of carbonyl (C=O) groups is 4. The molecule has 0 spiro atoms. The van der Waals surface area contributed by atoms with Gasteiger partial charge in [0.1, 0.15) is 12.6 Å². The first-order valence-electron chi connectivity index (χ1n) is 8.16. The summed E-state index contributed by atoms with van der Waals surface area (Å²) in [5.41, 5.74) is 12.2. The standard InChI is InChI=1S/C17H21N5O5/c18-11(6-14(19)23)16(26)22-13(17(27)21-8-15(24)25)5-9-7-20-12-4-2-1-3-10(9)12/h1-4,7,11,13,20H,5-6,8,18H2,(H2,19,23)(H,21,27)(H,22,26)(H,24,25). The van der Waals surface area contributed by atoms with E-state index in [9.17, 15) is 19.2 Å². The third-order valence-corrected chi connectivity index (χ3v) is 3.90. The molecule has 0 aliphatic rings. The van der Waals surface area contributed by atoms with Crippen molar-refractivity contribution in [3.05, 3.63) is 36.0 Å². The van der Waals surface area contributed by atoms with E-state index in [0.29, 0.717) is 0 Å². The van der Waals surface area contributed by atoms with Crippen LogP contribution in [0.2, 0.25) is 0 Å². The number of carbonyl (C=O) groups excluding carboxylic acids is 3. The number of aromatic nitrogens is 1. The van der Waals surface area contributed by atoms with Gasteiger partial charge in [-0.1, -0.05) is 18.2 Å². The van der Waals surface area contributed by atoms with E-state index in [0.717, 1.165) is 16.5 Å². The maximum absolute atomic E-state index is 12.4. The number of para-hydroxylation sites is 1. The highest BCUT2D eigenvalue weighted by atomic mass is 16.4. The van der Waals surface area contributed by atoms with Crippen LogP contribution in [0.25, 0.3) is 10.9 Å². The van der Waals surface area contributed by atoms with Crippen molar-refractivity contribution in [3.8, 4) is 0 Å². The monoisotopic (exact) mass is 375 g/mol. The molecule has 2 aromatic rings. The SMILES string of the molecule is NC(=O)CC(N)C(=O)NC(Cc1c[nH]c2ccccc12)C(=O)NCC(=O)O. The number of amides is 3. The van der Waals surface area contributed by atoms with Crippen molar-refractivity contribution in [3.63, 3.8) is 0 Å². The fourth-order valence-corrected chi connectivity index (χ4v) is 2.60. The zero-order valence-electron chi connectivity index (χ0n) is 14.4. The first kappa shape index (κ1) is 19.9. The fraction of sp³-hybridized carbons (Fsp3) is 0.294. The zero-order valence-corrected chi connectivity index (χ0v) is 14.4. The van der Waals surface area contributed by atoms with Gasteiger partial charge < -0.3 is 32.2 Å². The van der Waals surface area contributed by atoms with Crippen molar-refractivity contribution in [2.45, 2.75) is 24.9 Å². The Hall–Kier alpha value is -3.40. The molecule has 10 heteroatoms. The molecule has 2 unspecified atom stereocenters. The molecule has 1 heterocycles. The van der Waals surface area contributed by atoms with Gasteiger partial charge in [0.15, 0.2) is 0 Å². The third-order valence-electron chi connectivity index (χ3n) is 3.90. The molecule has 2 atom stereocenters. The van der Waals surface area contributed by atoms with Gasteiger partial charge in [-0.2, -0.15) is 0 Å². The van der Waals surface area contributed by atoms with Crippen molar-refractivity contribution >= 4 is 34.6 Å². The second-order valence-electron chi connectivity index (χ2n) is 6.01. The number of H-pyrrole nitrogens is 1. The van der Waals surface area contributed by atoms with Gasteiger partial charge in [0.2, 0.25) is 17.7 Å². The van der Waals surface area contributed by atoms with Gasteiger partial charge in [-0.3, -0.25) is 19.2 Å². The summed E-state index contributed by atoms with van der Waals surface area (Å²) in [6, 6.07) is 5.12. The van der Waals surface area contributed by atoms with Crippen LogP contribution in [0.15, 0.2) is 30.5 Å². The fourth-order valence-electron chi connectivity index (χ4n) is 2.60. The number of fused-ring (bicyclic) bond motifs is 1. The van der Waals surface area contributed by atoms with Crippen molar-refractivity contribution in [1.29, 1.82) is 0 Å². The Labute approximate surface area is 154 Å². The molecule has 8 N–H and O–H groups in total. The number of rotatable bonds is 9. The lowest BCUT2D eigenvalue weighted by Crippen LogP contribution is -2.53. The number of aliphatic carboxylic acids is 1. The van der Waals surface area contributed by atoms with Crippen LogP contribution in [-0.2, 0) is 25.6 Å². The molecule has 144 valence electrons. The second-order valence-corrected chi connectivity index (χ2v) is 6.01. The van der Waals surface area contributed by atoms with E-state index in [4.69, 9.17) is 16.6 Å². The van der Waals surface area contributed by atoms with Crippen LogP contribution in [0.5, 0.6) is 0 Å². The molecule has 0 saturated heterocycles. The van der Waals surface area contributed by atoms with Crippen LogP contribution in [0, 0.1) is 0 Å². The lowest BCUT2D eigenvalue weighted by atomic mass is 10.0. The Morgan fingerprint density at radius 3 is 2.52 bits per heavy atom. The number of carboxylic acid groups (broad SMARTS) is 1. The smallest absolute Gasteiger partial charge is 0.322 e. The summed E-state index contributed by atoms with van der Waals surface area (Å²) in [5, 5.41) is 14.3. The van der Waals surface area contributed by atoms with Crippen LogP contribution in [0.4, 0.5) is 0 Å². The number of carboxylic acids is 1. The van der Waals surface area contributed by atoms with Crippen LogP contribution in [0.1, 0.15) is 12.0 Å². The Morgan fingerprint density at radius 2 is 1.85 bits per heavy atom. The number of aromatic amines is 1. The molecule has 0 aliphatic carbocycles. The average Bonchev–Trinajstić information content (AvgIpc) is 3.01. The summed E-state index contributed by atoms with van der Waals surface area (Å²) in [5.74, 6) is -3.38. The highest BCUT2D eigenvalue weighted by Crippen LogP contribution is 2.19. The van der Waals surface area contributed by atoms with Gasteiger partial charge in [0.25, 0.3) is 0 Å². The first-order valence-corrected chi connectivity index (χ1v) is 8.16. The van der Waals surface area contributed by atoms with Crippen molar-refractivity contribution in [2.75, 3.05) is 6.54 Å². The minimum absolute atomic E-state index is 0.102. The van der Waals surface area contributed by atoms with Gasteiger partial charge in [0, 0.05) is 23.5 Å². The molecular weight excluding hydrogens is 354 g/mol. The highest BCUT2D eigenvalue weighted by Gasteiger charge is 2.26. The van der Waals surface area contributed by atoms with E-state index < -0.39 is 42.3 Å². The molecule has 0 saturated carbocycles. The molecule has 0 fully saturated rings. The molecule has 0 aliphatic heterocycles. The Morgan fingerprint density at radius 1 is 1.15 bits per heavy atom. The van der Waals surface area contributed by atoms with Crippen LogP contribution in [0.3, 0.4) is 0 Å². The van der Waals surface area contributed by atoms with E-state index in [1.165, 1.54) is 0 Å². The Balaban J connectivity index is 2.18. The number of nitrogens with two attached hydrogens (primary N) is 2. The molecule has 3 amide bonds. The first-order chi connectivity index (χ1) is 12.8. The summed E-state index contributed by atoms with van der Waals surface area (Å²) in [6.45, 7) is -0.591. The minimum Gasteiger partial charge on any atom is -0.480 e. The summed E-state index contributed by atoms with van der Waals surface area (Å²) >= 11 is 0. The van der Waals surface area contributed by atoms with Crippen molar-refractivity contribution in [2.24, 2.45) is 11.5 Å². The number of nitrogens with one attached hydrogen (secondary N) is 3. The molecule has 2 rings (SSSR count). The predicted molar refractivity (Wildman–Crippen MR) is 96.4 cm³/mol. The average molecular weight is 375 g/mol. The number of hydrogen-bond acceptors (Lipinski definition) is 5. The lowest BCUT2D eigenvalue weighted by Gasteiger charge is -2.20. The molecule has 1 aromatic heterocycles. The topological polar surface area (TPSA) is 180 Å². The van der Waals surface area contributed by atoms with E-state index in [-0.39, 0.29) is 12.8 Å². The van der Waals surface area contributed by atoms with Crippen LogP contribution < -0.4 is 22.1 Å². The van der Waals surface area contributed by atoms with Crippen LogP contribution in [-0.4, -0.2) is 52.4 Å². The molecule has 0 radical (unpaired) electrons.